The number of halogens is 1. The van der Waals surface area contributed by atoms with Crippen LogP contribution in [0.5, 0.6) is 0 Å². The summed E-state index contributed by atoms with van der Waals surface area (Å²) >= 11 is 5.98. The highest BCUT2D eigenvalue weighted by Crippen LogP contribution is 2.15. The zero-order valence-corrected chi connectivity index (χ0v) is 15.8. The Bertz CT molecular complexity index is 795. The maximum Gasteiger partial charge on any atom is 0.276 e. The second-order valence-electron chi connectivity index (χ2n) is 6.86. The molecule has 1 heterocycles. The number of aryl methyl sites for hydroxylation is 1. The largest absolute Gasteiger partial charge is 0.350 e. The summed E-state index contributed by atoms with van der Waals surface area (Å²) in [4.78, 5) is 27.3. The third kappa shape index (κ3) is 5.03. The van der Waals surface area contributed by atoms with Crippen molar-refractivity contribution in [2.24, 2.45) is 0 Å². The fourth-order valence-electron chi connectivity index (χ4n) is 2.22. The summed E-state index contributed by atoms with van der Waals surface area (Å²) < 4.78 is 0. The standard InChI is InChI=1S/C17H22ClN5O2/c1-11-15(16(25)22(5)10-14(24)19-17(2,3)4)21-23(20-11)13-8-6-7-12(18)9-13/h6-9H,10H2,1-5H3,(H,19,24). The second-order valence-corrected chi connectivity index (χ2v) is 7.30. The average molecular weight is 364 g/mol. The maximum absolute atomic E-state index is 12.6. The van der Waals surface area contributed by atoms with Crippen LogP contribution in [0.25, 0.3) is 5.69 Å². The molecular formula is C17H22ClN5O2. The molecule has 1 aromatic heterocycles. The van der Waals surface area contributed by atoms with E-state index in [9.17, 15) is 9.59 Å². The van der Waals surface area contributed by atoms with Gasteiger partial charge in [-0.25, -0.2) is 0 Å². The van der Waals surface area contributed by atoms with Gasteiger partial charge in [0.05, 0.1) is 17.9 Å². The number of nitrogens with zero attached hydrogens (tertiary/aromatic N) is 4. The van der Waals surface area contributed by atoms with Gasteiger partial charge in [-0.15, -0.1) is 5.10 Å². The van der Waals surface area contributed by atoms with Gasteiger partial charge in [0, 0.05) is 17.6 Å². The van der Waals surface area contributed by atoms with Crippen molar-refractivity contribution in [1.29, 1.82) is 0 Å². The SMILES string of the molecule is Cc1nn(-c2cccc(Cl)c2)nc1C(=O)N(C)CC(=O)NC(C)(C)C. The lowest BCUT2D eigenvalue weighted by molar-refractivity contribution is -0.122. The van der Waals surface area contributed by atoms with E-state index in [1.165, 1.54) is 9.70 Å². The van der Waals surface area contributed by atoms with E-state index >= 15 is 0 Å². The third-order valence-electron chi connectivity index (χ3n) is 3.27. The van der Waals surface area contributed by atoms with Crippen LogP contribution in [0.3, 0.4) is 0 Å². The van der Waals surface area contributed by atoms with Crippen LogP contribution in [0.2, 0.25) is 5.02 Å². The van der Waals surface area contributed by atoms with E-state index in [1.807, 2.05) is 20.8 Å². The first-order valence-electron chi connectivity index (χ1n) is 7.83. The molecule has 2 amide bonds. The van der Waals surface area contributed by atoms with Crippen molar-refractivity contribution in [2.45, 2.75) is 33.2 Å². The van der Waals surface area contributed by atoms with Gasteiger partial charge in [0.25, 0.3) is 5.91 Å². The van der Waals surface area contributed by atoms with Crippen LogP contribution in [-0.4, -0.2) is 50.8 Å². The maximum atomic E-state index is 12.6. The van der Waals surface area contributed by atoms with Crippen molar-refractivity contribution in [1.82, 2.24) is 25.2 Å². The predicted molar refractivity (Wildman–Crippen MR) is 96.0 cm³/mol. The molecule has 0 fully saturated rings. The molecule has 8 heteroatoms. The number of hydrogen-bond donors (Lipinski definition) is 1. The van der Waals surface area contributed by atoms with Gasteiger partial charge < -0.3 is 10.2 Å². The van der Waals surface area contributed by atoms with Gasteiger partial charge in [-0.05, 0) is 45.9 Å². The molecule has 0 atom stereocenters. The van der Waals surface area contributed by atoms with Crippen molar-refractivity contribution >= 4 is 23.4 Å². The Hall–Kier alpha value is -2.41. The fourth-order valence-corrected chi connectivity index (χ4v) is 2.40. The Kier molecular flexibility index (Phi) is 5.47. The van der Waals surface area contributed by atoms with Crippen molar-refractivity contribution in [3.8, 4) is 5.69 Å². The summed E-state index contributed by atoms with van der Waals surface area (Å²) in [6, 6.07) is 7.02. The zero-order valence-electron chi connectivity index (χ0n) is 15.0. The molecule has 0 aliphatic rings. The van der Waals surface area contributed by atoms with E-state index in [1.54, 1.807) is 38.2 Å². The molecule has 25 heavy (non-hydrogen) atoms. The van der Waals surface area contributed by atoms with Crippen molar-refractivity contribution in [3.63, 3.8) is 0 Å². The smallest absolute Gasteiger partial charge is 0.276 e. The second kappa shape index (κ2) is 7.23. The highest BCUT2D eigenvalue weighted by atomic mass is 35.5. The molecule has 2 aromatic rings. The highest BCUT2D eigenvalue weighted by Gasteiger charge is 2.23. The van der Waals surface area contributed by atoms with Crippen LogP contribution in [-0.2, 0) is 4.79 Å². The minimum Gasteiger partial charge on any atom is -0.350 e. The summed E-state index contributed by atoms with van der Waals surface area (Å²) in [5, 5.41) is 11.9. The van der Waals surface area contributed by atoms with Crippen LogP contribution in [0.15, 0.2) is 24.3 Å². The molecule has 0 unspecified atom stereocenters. The molecule has 7 nitrogen and oxygen atoms in total. The molecule has 0 saturated heterocycles. The molecular weight excluding hydrogens is 342 g/mol. The van der Waals surface area contributed by atoms with Gasteiger partial charge in [0.1, 0.15) is 0 Å². The number of aromatic nitrogens is 3. The molecule has 1 aromatic carbocycles. The van der Waals surface area contributed by atoms with Gasteiger partial charge in [-0.2, -0.15) is 9.90 Å². The minimum atomic E-state index is -0.366. The van der Waals surface area contributed by atoms with Crippen molar-refractivity contribution in [3.05, 3.63) is 40.7 Å². The van der Waals surface area contributed by atoms with E-state index < -0.39 is 0 Å². The van der Waals surface area contributed by atoms with Crippen molar-refractivity contribution < 1.29 is 9.59 Å². The number of likely N-dealkylation sites (N-methyl/N-ethyl adjacent to an activating group) is 1. The Labute approximate surface area is 152 Å². The zero-order chi connectivity index (χ0) is 18.8. The number of nitrogens with one attached hydrogen (secondary N) is 1. The van der Waals surface area contributed by atoms with Gasteiger partial charge in [-0.3, -0.25) is 9.59 Å². The van der Waals surface area contributed by atoms with Crippen LogP contribution < -0.4 is 5.32 Å². The summed E-state index contributed by atoms with van der Waals surface area (Å²) in [5.41, 5.74) is 0.980. The first kappa shape index (κ1) is 18.9. The number of hydrogen-bond acceptors (Lipinski definition) is 4. The molecule has 0 radical (unpaired) electrons. The van der Waals surface area contributed by atoms with Crippen LogP contribution >= 0.6 is 11.6 Å². The lowest BCUT2D eigenvalue weighted by atomic mass is 10.1. The first-order valence-corrected chi connectivity index (χ1v) is 8.21. The number of benzene rings is 1. The number of rotatable bonds is 4. The Morgan fingerprint density at radius 1 is 1.28 bits per heavy atom. The minimum absolute atomic E-state index is 0.0560. The van der Waals surface area contributed by atoms with E-state index in [0.29, 0.717) is 16.4 Å². The van der Waals surface area contributed by atoms with Crippen LogP contribution in [0.1, 0.15) is 37.0 Å². The van der Waals surface area contributed by atoms with Crippen molar-refractivity contribution in [2.75, 3.05) is 13.6 Å². The quantitative estimate of drug-likeness (QED) is 0.903. The third-order valence-corrected chi connectivity index (χ3v) is 3.50. The van der Waals surface area contributed by atoms with Crippen LogP contribution in [0.4, 0.5) is 0 Å². The lowest BCUT2D eigenvalue weighted by Gasteiger charge is -2.23. The molecule has 2 rings (SSSR count). The summed E-state index contributed by atoms with van der Waals surface area (Å²) in [5.74, 6) is -0.599. The summed E-state index contributed by atoms with van der Waals surface area (Å²) in [6.45, 7) is 7.29. The molecule has 0 aliphatic heterocycles. The number of carbonyl (C=O) groups excluding carboxylic acids is 2. The molecule has 1 N–H and O–H groups in total. The first-order chi connectivity index (χ1) is 11.6. The van der Waals surface area contributed by atoms with E-state index in [2.05, 4.69) is 15.5 Å². The molecule has 0 spiro atoms. The Morgan fingerprint density at radius 2 is 1.96 bits per heavy atom. The van der Waals surface area contributed by atoms with E-state index in [-0.39, 0.29) is 29.6 Å². The molecule has 0 aliphatic carbocycles. The summed E-state index contributed by atoms with van der Waals surface area (Å²) in [6.07, 6.45) is 0. The highest BCUT2D eigenvalue weighted by molar-refractivity contribution is 6.30. The lowest BCUT2D eigenvalue weighted by Crippen LogP contribution is -2.46. The fraction of sp³-hybridized carbons (Fsp3) is 0.412. The topological polar surface area (TPSA) is 80.1 Å². The van der Waals surface area contributed by atoms with Gasteiger partial charge >= 0.3 is 0 Å². The van der Waals surface area contributed by atoms with Crippen LogP contribution in [0, 0.1) is 6.92 Å². The Balaban J connectivity index is 2.15. The van der Waals surface area contributed by atoms with E-state index in [0.717, 1.165) is 0 Å². The predicted octanol–water partition coefficient (Wildman–Crippen LogP) is 2.22. The van der Waals surface area contributed by atoms with Gasteiger partial charge in [0.15, 0.2) is 5.69 Å². The number of amides is 2. The average Bonchev–Trinajstić information content (AvgIpc) is 2.86. The van der Waals surface area contributed by atoms with Gasteiger partial charge in [0.2, 0.25) is 5.91 Å². The normalized spacial score (nSPS) is 11.3. The monoisotopic (exact) mass is 363 g/mol. The Morgan fingerprint density at radius 3 is 2.56 bits per heavy atom. The molecule has 0 saturated carbocycles. The molecule has 0 bridgehead atoms. The van der Waals surface area contributed by atoms with E-state index in [4.69, 9.17) is 11.6 Å². The molecule has 134 valence electrons. The van der Waals surface area contributed by atoms with Gasteiger partial charge in [-0.1, -0.05) is 17.7 Å². The number of carbonyl (C=O) groups is 2. The summed E-state index contributed by atoms with van der Waals surface area (Å²) in [7, 11) is 1.56.